The van der Waals surface area contributed by atoms with Crippen LogP contribution in [0.5, 0.6) is 0 Å². The molecule has 0 heterocycles. The smallest absolute Gasteiger partial charge is 0.0443 e. The number of nitrogens with zero attached hydrogens (tertiary/aromatic N) is 3. The van der Waals surface area contributed by atoms with E-state index in [1.807, 2.05) is 30.3 Å². The fourth-order valence-electron chi connectivity index (χ4n) is 0.880. The summed E-state index contributed by atoms with van der Waals surface area (Å²) >= 11 is 0. The number of benzene rings is 1. The molecule has 0 saturated heterocycles. The Balaban J connectivity index is 2.58. The summed E-state index contributed by atoms with van der Waals surface area (Å²) in [4.78, 5) is 2.63. The molecule has 66 valence electrons. The van der Waals surface area contributed by atoms with Crippen LogP contribution < -0.4 is 5.73 Å². The summed E-state index contributed by atoms with van der Waals surface area (Å²) in [6, 6.07) is 7.46. The lowest BCUT2D eigenvalue weighted by Crippen LogP contribution is -1.82. The summed E-state index contributed by atoms with van der Waals surface area (Å²) in [5.41, 5.74) is 15.3. The SMILES string of the molecule is [N-]=[N+]=NCC=Cc1ccc(N)cc1. The molecule has 13 heavy (non-hydrogen) atoms. The molecule has 4 nitrogen and oxygen atoms in total. The van der Waals surface area contributed by atoms with Gasteiger partial charge < -0.3 is 5.73 Å². The molecule has 0 aliphatic carbocycles. The molecular weight excluding hydrogens is 164 g/mol. The fourth-order valence-corrected chi connectivity index (χ4v) is 0.880. The van der Waals surface area contributed by atoms with Crippen LogP contribution in [0.2, 0.25) is 0 Å². The zero-order valence-corrected chi connectivity index (χ0v) is 7.09. The molecule has 0 aliphatic rings. The first-order chi connectivity index (χ1) is 6.33. The second-order valence-electron chi connectivity index (χ2n) is 2.48. The average Bonchev–Trinajstić information content (AvgIpc) is 2.15. The molecule has 0 amide bonds. The van der Waals surface area contributed by atoms with Crippen LogP contribution in [0.1, 0.15) is 5.56 Å². The molecule has 0 fully saturated rings. The van der Waals surface area contributed by atoms with Gasteiger partial charge in [-0.05, 0) is 23.2 Å². The summed E-state index contributed by atoms with van der Waals surface area (Å²) in [7, 11) is 0. The number of hydrogen-bond acceptors (Lipinski definition) is 2. The first kappa shape index (κ1) is 9.16. The number of nitrogen functional groups attached to an aromatic ring is 1. The van der Waals surface area contributed by atoms with Crippen molar-refractivity contribution in [1.29, 1.82) is 0 Å². The van der Waals surface area contributed by atoms with E-state index in [1.165, 1.54) is 0 Å². The Morgan fingerprint density at radius 3 is 2.69 bits per heavy atom. The third kappa shape index (κ3) is 3.31. The normalized spacial score (nSPS) is 9.85. The highest BCUT2D eigenvalue weighted by Crippen LogP contribution is 2.06. The molecule has 1 rings (SSSR count). The highest BCUT2D eigenvalue weighted by Gasteiger charge is 1.85. The number of anilines is 1. The lowest BCUT2D eigenvalue weighted by Gasteiger charge is -1.93. The molecule has 0 aliphatic heterocycles. The van der Waals surface area contributed by atoms with Gasteiger partial charge in [-0.2, -0.15) is 0 Å². The first-order valence-electron chi connectivity index (χ1n) is 3.86. The predicted molar refractivity (Wildman–Crippen MR) is 53.9 cm³/mol. The van der Waals surface area contributed by atoms with Crippen LogP contribution in [0.25, 0.3) is 16.5 Å². The van der Waals surface area contributed by atoms with Crippen LogP contribution in [-0.4, -0.2) is 6.54 Å². The Morgan fingerprint density at radius 2 is 2.08 bits per heavy atom. The summed E-state index contributed by atoms with van der Waals surface area (Å²) in [5, 5.41) is 3.37. The zero-order valence-electron chi connectivity index (χ0n) is 7.09. The van der Waals surface area contributed by atoms with Crippen LogP contribution in [0.4, 0.5) is 5.69 Å². The summed E-state index contributed by atoms with van der Waals surface area (Å²) < 4.78 is 0. The van der Waals surface area contributed by atoms with E-state index in [4.69, 9.17) is 11.3 Å². The van der Waals surface area contributed by atoms with Crippen molar-refractivity contribution in [3.63, 3.8) is 0 Å². The lowest BCUT2D eigenvalue weighted by atomic mass is 10.2. The largest absolute Gasteiger partial charge is 0.399 e. The molecule has 0 unspecified atom stereocenters. The summed E-state index contributed by atoms with van der Waals surface area (Å²) in [6.07, 6.45) is 3.68. The van der Waals surface area contributed by atoms with Crippen LogP contribution in [-0.2, 0) is 0 Å². The van der Waals surface area contributed by atoms with Gasteiger partial charge in [0.15, 0.2) is 0 Å². The number of rotatable bonds is 3. The van der Waals surface area contributed by atoms with Crippen molar-refractivity contribution in [3.05, 3.63) is 46.3 Å². The minimum absolute atomic E-state index is 0.376. The van der Waals surface area contributed by atoms with Gasteiger partial charge in [0, 0.05) is 17.1 Å². The fraction of sp³-hybridized carbons (Fsp3) is 0.111. The van der Waals surface area contributed by atoms with Crippen molar-refractivity contribution in [2.75, 3.05) is 12.3 Å². The zero-order chi connectivity index (χ0) is 9.52. The standard InChI is InChI=1S/C9H10N4/c10-9-5-3-8(4-6-9)2-1-7-12-13-11/h1-6H,7,10H2. The second kappa shape index (κ2) is 4.85. The van der Waals surface area contributed by atoms with Gasteiger partial charge in [0.2, 0.25) is 0 Å². The maximum atomic E-state index is 8.01. The van der Waals surface area contributed by atoms with Gasteiger partial charge in [0.05, 0.1) is 0 Å². The quantitative estimate of drug-likeness (QED) is 0.325. The number of hydrogen-bond donors (Lipinski definition) is 1. The molecule has 2 N–H and O–H groups in total. The third-order valence-corrected chi connectivity index (χ3v) is 1.50. The molecule has 0 saturated carbocycles. The van der Waals surface area contributed by atoms with Gasteiger partial charge in [-0.15, -0.1) is 0 Å². The molecule has 0 bridgehead atoms. The maximum absolute atomic E-state index is 8.01. The molecular formula is C9H10N4. The van der Waals surface area contributed by atoms with E-state index in [-0.39, 0.29) is 0 Å². The molecule has 0 spiro atoms. The van der Waals surface area contributed by atoms with Crippen molar-refractivity contribution in [3.8, 4) is 0 Å². The van der Waals surface area contributed by atoms with Crippen molar-refractivity contribution < 1.29 is 0 Å². The van der Waals surface area contributed by atoms with Crippen LogP contribution in [0, 0.1) is 0 Å². The second-order valence-corrected chi connectivity index (χ2v) is 2.48. The molecule has 4 heteroatoms. The van der Waals surface area contributed by atoms with E-state index in [0.717, 1.165) is 11.3 Å². The Bertz CT molecular complexity index is 333. The first-order valence-corrected chi connectivity index (χ1v) is 3.86. The molecule has 0 radical (unpaired) electrons. The third-order valence-electron chi connectivity index (χ3n) is 1.50. The summed E-state index contributed by atoms with van der Waals surface area (Å²) in [6.45, 7) is 0.376. The van der Waals surface area contributed by atoms with Crippen molar-refractivity contribution in [2.45, 2.75) is 0 Å². The van der Waals surface area contributed by atoms with E-state index < -0.39 is 0 Å². The van der Waals surface area contributed by atoms with Gasteiger partial charge >= 0.3 is 0 Å². The Kier molecular flexibility index (Phi) is 3.42. The minimum atomic E-state index is 0.376. The van der Waals surface area contributed by atoms with E-state index in [0.29, 0.717) is 6.54 Å². The van der Waals surface area contributed by atoms with Gasteiger partial charge in [-0.3, -0.25) is 0 Å². The highest BCUT2D eigenvalue weighted by atomic mass is 15.1. The van der Waals surface area contributed by atoms with Gasteiger partial charge in [-0.1, -0.05) is 29.4 Å². The minimum Gasteiger partial charge on any atom is -0.399 e. The van der Waals surface area contributed by atoms with Gasteiger partial charge in [-0.25, -0.2) is 0 Å². The van der Waals surface area contributed by atoms with Gasteiger partial charge in [0.25, 0.3) is 0 Å². The van der Waals surface area contributed by atoms with Crippen molar-refractivity contribution in [2.24, 2.45) is 5.11 Å². The molecule has 0 atom stereocenters. The number of azide groups is 1. The maximum Gasteiger partial charge on any atom is 0.0443 e. The topological polar surface area (TPSA) is 74.8 Å². The van der Waals surface area contributed by atoms with Crippen LogP contribution >= 0.6 is 0 Å². The Labute approximate surface area is 76.3 Å². The number of nitrogens with two attached hydrogens (primary N) is 1. The highest BCUT2D eigenvalue weighted by molar-refractivity contribution is 5.53. The van der Waals surface area contributed by atoms with Crippen molar-refractivity contribution >= 4 is 11.8 Å². The van der Waals surface area contributed by atoms with E-state index >= 15 is 0 Å². The predicted octanol–water partition coefficient (Wildman–Crippen LogP) is 2.59. The van der Waals surface area contributed by atoms with E-state index in [2.05, 4.69) is 10.0 Å². The van der Waals surface area contributed by atoms with Crippen molar-refractivity contribution in [1.82, 2.24) is 0 Å². The lowest BCUT2D eigenvalue weighted by molar-refractivity contribution is 1.22. The molecule has 0 aromatic heterocycles. The van der Waals surface area contributed by atoms with Crippen LogP contribution in [0.3, 0.4) is 0 Å². The van der Waals surface area contributed by atoms with Crippen LogP contribution in [0.15, 0.2) is 35.5 Å². The van der Waals surface area contributed by atoms with Gasteiger partial charge in [0.1, 0.15) is 0 Å². The molecule has 1 aromatic rings. The monoisotopic (exact) mass is 174 g/mol. The summed E-state index contributed by atoms with van der Waals surface area (Å²) in [5.74, 6) is 0. The Hall–Kier alpha value is -1.93. The van der Waals surface area contributed by atoms with E-state index in [1.54, 1.807) is 6.08 Å². The Morgan fingerprint density at radius 1 is 1.38 bits per heavy atom. The molecule has 1 aromatic carbocycles. The van der Waals surface area contributed by atoms with E-state index in [9.17, 15) is 0 Å². The average molecular weight is 174 g/mol.